The Labute approximate surface area is 58.8 Å². The van der Waals surface area contributed by atoms with Crippen LogP contribution in [0.4, 0.5) is 5.82 Å². The number of nitrogens with zero attached hydrogens (tertiary/aromatic N) is 1. The topological polar surface area (TPSA) is 59.1 Å². The zero-order valence-electron chi connectivity index (χ0n) is 5.41. The zero-order chi connectivity index (χ0) is 7.56. The number of aromatic nitrogens is 1. The van der Waals surface area contributed by atoms with Gasteiger partial charge in [-0.2, -0.15) is 0 Å². The molecule has 0 spiro atoms. The van der Waals surface area contributed by atoms with Gasteiger partial charge in [0.2, 0.25) is 0 Å². The maximum atomic E-state index is 9.00. The van der Waals surface area contributed by atoms with E-state index in [1.54, 1.807) is 12.3 Å². The van der Waals surface area contributed by atoms with E-state index in [-0.39, 0.29) is 11.6 Å². The van der Waals surface area contributed by atoms with Crippen LogP contribution in [-0.2, 0) is 0 Å². The first-order valence-corrected chi connectivity index (χ1v) is 2.81. The predicted molar refractivity (Wildman–Crippen MR) is 40.4 cm³/mol. The molecule has 0 fully saturated rings. The van der Waals surface area contributed by atoms with Crippen LogP contribution < -0.4 is 5.73 Å². The van der Waals surface area contributed by atoms with Crippen molar-refractivity contribution in [3.05, 3.63) is 24.4 Å². The first-order valence-electron chi connectivity index (χ1n) is 2.81. The number of pyridine rings is 1. The zero-order valence-corrected chi connectivity index (χ0v) is 5.41. The Balaban J connectivity index is 3.16. The van der Waals surface area contributed by atoms with E-state index < -0.39 is 0 Å². The Hall–Kier alpha value is -1.51. The van der Waals surface area contributed by atoms with E-state index in [2.05, 4.69) is 11.6 Å². The summed E-state index contributed by atoms with van der Waals surface area (Å²) in [6.07, 6.45) is 3.13. The minimum absolute atomic E-state index is 0.00241. The van der Waals surface area contributed by atoms with Crippen LogP contribution in [0.5, 0.6) is 5.75 Å². The Morgan fingerprint density at radius 2 is 2.40 bits per heavy atom. The van der Waals surface area contributed by atoms with Crippen molar-refractivity contribution < 1.29 is 5.11 Å². The molecule has 1 aromatic heterocycles. The average Bonchev–Trinajstić information content (AvgIpc) is 1.95. The minimum Gasteiger partial charge on any atom is -0.504 e. The fraction of sp³-hybridized carbons (Fsp3) is 0. The van der Waals surface area contributed by atoms with Gasteiger partial charge in [0, 0.05) is 6.20 Å². The van der Waals surface area contributed by atoms with Crippen LogP contribution in [0.25, 0.3) is 6.08 Å². The van der Waals surface area contributed by atoms with E-state index in [0.29, 0.717) is 0 Å². The number of anilines is 1. The van der Waals surface area contributed by atoms with Crippen LogP contribution >= 0.6 is 0 Å². The number of aromatic hydroxyl groups is 1. The molecule has 10 heavy (non-hydrogen) atoms. The number of nitrogens with two attached hydrogens (primary N) is 1. The van der Waals surface area contributed by atoms with Gasteiger partial charge in [-0.15, -0.1) is 0 Å². The molecule has 0 aliphatic heterocycles. The standard InChI is InChI=1S/C7H8N2O/c1-2-5-3-6(10)7(8)9-4-5/h2-4,10H,1H2,(H2,8,9). The molecule has 1 rings (SSSR count). The molecule has 1 heterocycles. The highest BCUT2D eigenvalue weighted by molar-refractivity contribution is 5.54. The molecule has 3 nitrogen and oxygen atoms in total. The van der Waals surface area contributed by atoms with Gasteiger partial charge >= 0.3 is 0 Å². The predicted octanol–water partition coefficient (Wildman–Crippen LogP) is 1.01. The fourth-order valence-electron chi connectivity index (χ4n) is 0.591. The monoisotopic (exact) mass is 136 g/mol. The maximum Gasteiger partial charge on any atom is 0.165 e. The average molecular weight is 136 g/mol. The Morgan fingerprint density at radius 1 is 1.70 bits per heavy atom. The third-order valence-corrected chi connectivity index (χ3v) is 1.15. The van der Waals surface area contributed by atoms with Crippen LogP contribution in [-0.4, -0.2) is 10.1 Å². The molecule has 0 saturated carbocycles. The molecule has 52 valence electrons. The summed E-state index contributed by atoms with van der Waals surface area (Å²) >= 11 is 0. The summed E-state index contributed by atoms with van der Waals surface area (Å²) < 4.78 is 0. The molecule has 0 aliphatic rings. The molecule has 0 aromatic carbocycles. The largest absolute Gasteiger partial charge is 0.504 e. The molecule has 0 amide bonds. The number of hydrogen-bond acceptors (Lipinski definition) is 3. The number of rotatable bonds is 1. The van der Waals surface area contributed by atoms with Gasteiger partial charge < -0.3 is 10.8 Å². The summed E-state index contributed by atoms with van der Waals surface area (Å²) in [6, 6.07) is 1.51. The molecule has 0 atom stereocenters. The van der Waals surface area contributed by atoms with Gasteiger partial charge in [0.1, 0.15) is 0 Å². The Bertz CT molecular complexity index is 258. The van der Waals surface area contributed by atoms with E-state index in [9.17, 15) is 0 Å². The number of nitrogen functional groups attached to an aromatic ring is 1. The molecule has 0 radical (unpaired) electrons. The molecule has 0 bridgehead atoms. The highest BCUT2D eigenvalue weighted by atomic mass is 16.3. The Morgan fingerprint density at radius 3 is 2.90 bits per heavy atom. The van der Waals surface area contributed by atoms with Crippen LogP contribution in [0.3, 0.4) is 0 Å². The van der Waals surface area contributed by atoms with Crippen molar-refractivity contribution in [2.45, 2.75) is 0 Å². The third kappa shape index (κ3) is 1.07. The molecular weight excluding hydrogens is 128 g/mol. The van der Waals surface area contributed by atoms with Gasteiger partial charge in [-0.3, -0.25) is 0 Å². The minimum atomic E-state index is -0.00241. The summed E-state index contributed by atoms with van der Waals surface area (Å²) in [7, 11) is 0. The third-order valence-electron chi connectivity index (χ3n) is 1.15. The molecule has 3 heteroatoms. The molecule has 3 N–H and O–H groups in total. The van der Waals surface area contributed by atoms with E-state index in [4.69, 9.17) is 10.8 Å². The second kappa shape index (κ2) is 2.39. The first-order chi connectivity index (χ1) is 4.74. The lowest BCUT2D eigenvalue weighted by Crippen LogP contribution is -1.89. The van der Waals surface area contributed by atoms with E-state index in [0.717, 1.165) is 5.56 Å². The van der Waals surface area contributed by atoms with Crippen LogP contribution in [0, 0.1) is 0 Å². The molecule has 0 saturated heterocycles. The normalized spacial score (nSPS) is 9.20. The second-order valence-corrected chi connectivity index (χ2v) is 1.88. The lowest BCUT2D eigenvalue weighted by Gasteiger charge is -1.96. The van der Waals surface area contributed by atoms with Gasteiger partial charge in [-0.1, -0.05) is 12.7 Å². The maximum absolute atomic E-state index is 9.00. The van der Waals surface area contributed by atoms with Crippen molar-refractivity contribution in [1.82, 2.24) is 4.98 Å². The van der Waals surface area contributed by atoms with Gasteiger partial charge in [-0.05, 0) is 11.6 Å². The van der Waals surface area contributed by atoms with Crippen molar-refractivity contribution in [2.75, 3.05) is 5.73 Å². The van der Waals surface area contributed by atoms with Gasteiger partial charge in [0.25, 0.3) is 0 Å². The van der Waals surface area contributed by atoms with Crippen LogP contribution in [0.2, 0.25) is 0 Å². The lowest BCUT2D eigenvalue weighted by atomic mass is 10.3. The Kier molecular flexibility index (Phi) is 1.58. The van der Waals surface area contributed by atoms with Crippen molar-refractivity contribution in [3.8, 4) is 5.75 Å². The van der Waals surface area contributed by atoms with Gasteiger partial charge in [0.05, 0.1) is 0 Å². The molecule has 0 aliphatic carbocycles. The lowest BCUT2D eigenvalue weighted by molar-refractivity contribution is 0.475. The quantitative estimate of drug-likeness (QED) is 0.605. The molecular formula is C7H8N2O. The molecule has 0 unspecified atom stereocenters. The van der Waals surface area contributed by atoms with Crippen molar-refractivity contribution >= 4 is 11.9 Å². The highest BCUT2D eigenvalue weighted by Crippen LogP contribution is 2.17. The summed E-state index contributed by atoms with van der Waals surface area (Å²) in [5.41, 5.74) is 6.00. The van der Waals surface area contributed by atoms with Crippen LogP contribution in [0.1, 0.15) is 5.56 Å². The SMILES string of the molecule is C=Cc1cnc(N)c(O)c1. The second-order valence-electron chi connectivity index (χ2n) is 1.88. The van der Waals surface area contributed by atoms with Gasteiger partial charge in [-0.25, -0.2) is 4.98 Å². The van der Waals surface area contributed by atoms with Crippen molar-refractivity contribution in [1.29, 1.82) is 0 Å². The summed E-state index contributed by atoms with van der Waals surface area (Å²) in [5.74, 6) is 0.142. The smallest absolute Gasteiger partial charge is 0.165 e. The van der Waals surface area contributed by atoms with Crippen LogP contribution in [0.15, 0.2) is 18.8 Å². The van der Waals surface area contributed by atoms with E-state index in [1.807, 2.05) is 0 Å². The summed E-state index contributed by atoms with van der Waals surface area (Å²) in [4.78, 5) is 3.71. The fourth-order valence-corrected chi connectivity index (χ4v) is 0.591. The summed E-state index contributed by atoms with van der Waals surface area (Å²) in [6.45, 7) is 3.51. The molecule has 1 aromatic rings. The van der Waals surface area contributed by atoms with E-state index in [1.165, 1.54) is 6.07 Å². The first kappa shape index (κ1) is 6.61. The van der Waals surface area contributed by atoms with Crippen molar-refractivity contribution in [3.63, 3.8) is 0 Å². The van der Waals surface area contributed by atoms with Crippen molar-refractivity contribution in [2.24, 2.45) is 0 Å². The van der Waals surface area contributed by atoms with E-state index >= 15 is 0 Å². The number of hydrogen-bond donors (Lipinski definition) is 2. The van der Waals surface area contributed by atoms with Gasteiger partial charge in [0.15, 0.2) is 11.6 Å². The highest BCUT2D eigenvalue weighted by Gasteiger charge is 1.95. The summed E-state index contributed by atoms with van der Waals surface area (Å²) in [5, 5.41) is 9.00.